The highest BCUT2D eigenvalue weighted by molar-refractivity contribution is 7.47. The summed E-state index contributed by atoms with van der Waals surface area (Å²) in [5, 5.41) is 8.91. The van der Waals surface area contributed by atoms with Gasteiger partial charge in [0, 0.05) is 12.8 Å². The fourth-order valence-electron chi connectivity index (χ4n) is 7.04. The van der Waals surface area contributed by atoms with E-state index in [0.29, 0.717) is 12.8 Å². The van der Waals surface area contributed by atoms with Crippen molar-refractivity contribution in [1.82, 2.24) is 0 Å². The molecule has 11 nitrogen and oxygen atoms in total. The highest BCUT2D eigenvalue weighted by atomic mass is 31.2. The van der Waals surface area contributed by atoms with Crippen LogP contribution in [0.4, 0.5) is 0 Å². The second-order valence-corrected chi connectivity index (χ2v) is 18.4. The molecule has 0 heterocycles. The van der Waals surface area contributed by atoms with Crippen molar-refractivity contribution in [2.75, 3.05) is 19.8 Å². The maximum Gasteiger partial charge on any atom is 0.472 e. The van der Waals surface area contributed by atoms with Gasteiger partial charge in [-0.2, -0.15) is 0 Å². The van der Waals surface area contributed by atoms with E-state index in [1.807, 2.05) is 0 Å². The number of carboxylic acids is 1. The number of phosphoric acid groups is 1. The van der Waals surface area contributed by atoms with E-state index >= 15 is 0 Å². The van der Waals surface area contributed by atoms with E-state index in [-0.39, 0.29) is 19.4 Å². The van der Waals surface area contributed by atoms with Crippen LogP contribution in [-0.2, 0) is 37.5 Å². The maximum atomic E-state index is 12.6. The van der Waals surface area contributed by atoms with Crippen molar-refractivity contribution in [2.45, 2.75) is 251 Å². The zero-order chi connectivity index (χ0) is 44.9. The average Bonchev–Trinajstić information content (AvgIpc) is 3.24. The number of carboxylic acid groups (broad SMARTS) is 1. The fraction of sp³-hybridized carbons (Fsp3) is 0.857. The molecule has 0 aromatic heterocycles. The van der Waals surface area contributed by atoms with E-state index in [4.69, 9.17) is 24.8 Å². The average molecular weight is 886 g/mol. The van der Waals surface area contributed by atoms with Crippen LogP contribution >= 0.6 is 7.82 Å². The van der Waals surface area contributed by atoms with Gasteiger partial charge in [0.2, 0.25) is 0 Å². The monoisotopic (exact) mass is 886 g/mol. The van der Waals surface area contributed by atoms with Gasteiger partial charge in [-0.05, 0) is 44.9 Å². The Balaban J connectivity index is 4.21. The number of nitrogens with two attached hydrogens (primary N) is 1. The maximum absolute atomic E-state index is 12.6. The lowest BCUT2D eigenvalue weighted by atomic mass is 10.0. The molecule has 61 heavy (non-hydrogen) atoms. The molecule has 12 heteroatoms. The predicted molar refractivity (Wildman–Crippen MR) is 249 cm³/mol. The Morgan fingerprint density at radius 3 is 1.31 bits per heavy atom. The van der Waals surface area contributed by atoms with Crippen molar-refractivity contribution < 1.29 is 47.5 Å². The molecule has 0 saturated heterocycles. The Labute approximate surface area is 372 Å². The highest BCUT2D eigenvalue weighted by Gasteiger charge is 2.28. The Morgan fingerprint density at radius 2 is 0.869 bits per heavy atom. The first-order valence-electron chi connectivity index (χ1n) is 24.9. The zero-order valence-electron chi connectivity index (χ0n) is 39.0. The van der Waals surface area contributed by atoms with Crippen LogP contribution in [0.5, 0.6) is 0 Å². The molecule has 4 N–H and O–H groups in total. The summed E-state index contributed by atoms with van der Waals surface area (Å²) in [6.07, 6.45) is 48.2. The first-order valence-corrected chi connectivity index (χ1v) is 26.4. The summed E-state index contributed by atoms with van der Waals surface area (Å²) in [6.45, 7) is 2.80. The quantitative estimate of drug-likeness (QED) is 0.0230. The second-order valence-electron chi connectivity index (χ2n) is 17.0. The number of ether oxygens (including phenoxy) is 2. The normalized spacial score (nSPS) is 13.8. The Kier molecular flexibility index (Phi) is 43.1. The molecular weight excluding hydrogens is 794 g/mol. The predicted octanol–water partition coefficient (Wildman–Crippen LogP) is 13.8. The molecule has 3 unspecified atom stereocenters. The van der Waals surface area contributed by atoms with E-state index in [0.717, 1.165) is 64.2 Å². The third-order valence-corrected chi connectivity index (χ3v) is 11.9. The minimum atomic E-state index is -4.72. The van der Waals surface area contributed by atoms with Gasteiger partial charge < -0.3 is 25.2 Å². The molecule has 0 radical (unpaired) electrons. The molecule has 0 amide bonds. The van der Waals surface area contributed by atoms with Crippen LogP contribution in [0.1, 0.15) is 239 Å². The van der Waals surface area contributed by atoms with E-state index in [1.54, 1.807) is 0 Å². The van der Waals surface area contributed by atoms with Gasteiger partial charge in [-0.15, -0.1) is 0 Å². The molecular formula is C49H92NO10P. The van der Waals surface area contributed by atoms with Gasteiger partial charge in [0.15, 0.2) is 6.10 Å². The van der Waals surface area contributed by atoms with Crippen LogP contribution in [-0.4, -0.2) is 59.9 Å². The fourth-order valence-corrected chi connectivity index (χ4v) is 7.82. The van der Waals surface area contributed by atoms with E-state index in [1.165, 1.54) is 135 Å². The Morgan fingerprint density at radius 1 is 0.508 bits per heavy atom. The van der Waals surface area contributed by atoms with Crippen molar-refractivity contribution in [1.29, 1.82) is 0 Å². The third kappa shape index (κ3) is 44.4. The number of carbonyl (C=O) groups is 3. The number of aliphatic carboxylic acids is 1. The molecule has 0 aromatic rings. The van der Waals surface area contributed by atoms with Gasteiger partial charge in [0.1, 0.15) is 12.6 Å². The van der Waals surface area contributed by atoms with E-state index < -0.39 is 51.1 Å². The molecule has 0 aliphatic rings. The molecule has 0 spiro atoms. The molecule has 0 rings (SSSR count). The lowest BCUT2D eigenvalue weighted by molar-refractivity contribution is -0.161. The minimum Gasteiger partial charge on any atom is -0.480 e. The summed E-state index contributed by atoms with van der Waals surface area (Å²) >= 11 is 0. The third-order valence-electron chi connectivity index (χ3n) is 11.0. The molecule has 0 aromatic carbocycles. The lowest BCUT2D eigenvalue weighted by Gasteiger charge is -2.20. The molecule has 0 bridgehead atoms. The molecule has 0 aliphatic carbocycles. The van der Waals surface area contributed by atoms with Crippen molar-refractivity contribution in [3.8, 4) is 0 Å². The number of unbranched alkanes of at least 4 members (excludes halogenated alkanes) is 29. The number of rotatable bonds is 47. The lowest BCUT2D eigenvalue weighted by Crippen LogP contribution is -2.34. The Hall–Kier alpha value is -2.04. The number of allylic oxidation sites excluding steroid dienone is 4. The number of esters is 2. The summed E-state index contributed by atoms with van der Waals surface area (Å²) < 4.78 is 32.8. The van der Waals surface area contributed by atoms with Crippen LogP contribution < -0.4 is 5.73 Å². The largest absolute Gasteiger partial charge is 0.480 e. The first-order chi connectivity index (χ1) is 29.6. The van der Waals surface area contributed by atoms with Gasteiger partial charge >= 0.3 is 25.7 Å². The minimum absolute atomic E-state index is 0.148. The summed E-state index contributed by atoms with van der Waals surface area (Å²) in [5.41, 5.74) is 5.34. The van der Waals surface area contributed by atoms with Gasteiger partial charge in [-0.3, -0.25) is 23.4 Å². The second kappa shape index (κ2) is 44.6. The van der Waals surface area contributed by atoms with Gasteiger partial charge in [-0.1, -0.05) is 205 Å². The standard InChI is InChI=1S/C49H92NO10P/c1-3-5-7-9-11-13-15-17-19-20-21-22-23-24-25-27-28-30-32-34-36-38-40-47(51)57-42-45(43-58-61(55,56)59-44-46(50)49(53)54)60-48(52)41-39-37-35-33-31-29-26-18-16-14-12-10-8-6-4-2/h12,14,18,26,45-46H,3-11,13,15-17,19-25,27-44,50H2,1-2H3,(H,53,54)(H,55,56)/b14-12-,26-18-. The number of phosphoric ester groups is 1. The topological polar surface area (TPSA) is 172 Å². The van der Waals surface area contributed by atoms with Crippen LogP contribution in [0.25, 0.3) is 0 Å². The summed E-state index contributed by atoms with van der Waals surface area (Å²) in [6, 6.07) is -1.52. The van der Waals surface area contributed by atoms with E-state index in [2.05, 4.69) is 42.7 Å². The smallest absolute Gasteiger partial charge is 0.472 e. The van der Waals surface area contributed by atoms with Gasteiger partial charge in [-0.25, -0.2) is 4.57 Å². The first kappa shape index (κ1) is 59.0. The van der Waals surface area contributed by atoms with Gasteiger partial charge in [0.25, 0.3) is 0 Å². The SMILES string of the molecule is CCCCC/C=C\C/C=C\CCCCCCCC(=O)OC(COC(=O)CCCCCCCCCCCCCCCCCCCCCCCC)COP(=O)(O)OCC(N)C(=O)O. The van der Waals surface area contributed by atoms with Crippen LogP contribution in [0.2, 0.25) is 0 Å². The number of carbonyl (C=O) groups excluding carboxylic acids is 2. The highest BCUT2D eigenvalue weighted by Crippen LogP contribution is 2.43. The number of hydrogen-bond acceptors (Lipinski definition) is 9. The van der Waals surface area contributed by atoms with Crippen LogP contribution in [0, 0.1) is 0 Å². The molecule has 3 atom stereocenters. The summed E-state index contributed by atoms with van der Waals surface area (Å²) in [7, 11) is -4.72. The van der Waals surface area contributed by atoms with Gasteiger partial charge in [0.05, 0.1) is 13.2 Å². The van der Waals surface area contributed by atoms with Crippen LogP contribution in [0.15, 0.2) is 24.3 Å². The number of hydrogen-bond donors (Lipinski definition) is 3. The summed E-state index contributed by atoms with van der Waals surface area (Å²) in [4.78, 5) is 46.1. The Bertz CT molecular complexity index is 1130. The van der Waals surface area contributed by atoms with Crippen LogP contribution in [0.3, 0.4) is 0 Å². The van der Waals surface area contributed by atoms with Crippen molar-refractivity contribution in [2.24, 2.45) is 5.73 Å². The molecule has 0 saturated carbocycles. The molecule has 358 valence electrons. The van der Waals surface area contributed by atoms with Crippen molar-refractivity contribution >= 4 is 25.7 Å². The molecule has 0 aliphatic heterocycles. The summed E-state index contributed by atoms with van der Waals surface area (Å²) in [5.74, 6) is -2.38. The zero-order valence-corrected chi connectivity index (χ0v) is 39.9. The molecule has 0 fully saturated rings. The van der Waals surface area contributed by atoms with Crippen molar-refractivity contribution in [3.05, 3.63) is 24.3 Å². The van der Waals surface area contributed by atoms with Crippen molar-refractivity contribution in [3.63, 3.8) is 0 Å². The van der Waals surface area contributed by atoms with E-state index in [9.17, 15) is 23.8 Å².